The Morgan fingerprint density at radius 2 is 1.89 bits per heavy atom. The molecular formula is C16H16N2S. The second-order valence-electron chi connectivity index (χ2n) is 4.05. The first-order chi connectivity index (χ1) is 9.17. The number of aliphatic imine (C=N–C) groups is 2. The number of nitrogens with zero attached hydrogens (tertiary/aromatic N) is 2. The smallest absolute Gasteiger partial charge is 0.187 e. The molecule has 0 saturated heterocycles. The van der Waals surface area contributed by atoms with Gasteiger partial charge in [0, 0.05) is 18.2 Å². The third-order valence-corrected chi connectivity index (χ3v) is 3.89. The summed E-state index contributed by atoms with van der Waals surface area (Å²) in [5.41, 5.74) is 0. The molecule has 2 aromatic rings. The maximum absolute atomic E-state index is 4.23. The van der Waals surface area contributed by atoms with Gasteiger partial charge in [0.15, 0.2) is 5.17 Å². The monoisotopic (exact) mass is 268 g/mol. The highest BCUT2D eigenvalue weighted by molar-refractivity contribution is 8.14. The van der Waals surface area contributed by atoms with Crippen LogP contribution in [-0.2, 0) is 0 Å². The van der Waals surface area contributed by atoms with Crippen molar-refractivity contribution >= 4 is 47.1 Å². The van der Waals surface area contributed by atoms with Crippen molar-refractivity contribution in [2.45, 2.75) is 11.8 Å². The maximum atomic E-state index is 4.23. The zero-order chi connectivity index (χ0) is 13.8. The van der Waals surface area contributed by atoms with E-state index in [1.807, 2.05) is 25.1 Å². The van der Waals surface area contributed by atoms with Crippen LogP contribution in [0.5, 0.6) is 0 Å². The zero-order valence-electron chi connectivity index (χ0n) is 11.2. The molecule has 0 saturated carbocycles. The van der Waals surface area contributed by atoms with Crippen LogP contribution in [0.4, 0.5) is 0 Å². The molecular weight excluding hydrogens is 252 g/mol. The highest BCUT2D eigenvalue weighted by Crippen LogP contribution is 2.17. The van der Waals surface area contributed by atoms with Gasteiger partial charge in [-0.3, -0.25) is 4.99 Å². The fraction of sp³-hybridized carbons (Fsp3) is 0.125. The number of hydrogen-bond acceptors (Lipinski definition) is 2. The minimum atomic E-state index is 0.724. The highest BCUT2D eigenvalue weighted by atomic mass is 32.2. The van der Waals surface area contributed by atoms with Crippen LogP contribution in [0.3, 0.4) is 0 Å². The quantitative estimate of drug-likeness (QED) is 0.443. The number of fused-ring (bicyclic) bond motifs is 1. The first kappa shape index (κ1) is 13.6. The number of rotatable bonds is 1. The van der Waals surface area contributed by atoms with Crippen molar-refractivity contribution in [3.8, 4) is 0 Å². The summed E-state index contributed by atoms with van der Waals surface area (Å²) in [5.74, 6) is 0. The summed E-state index contributed by atoms with van der Waals surface area (Å²) in [7, 11) is 1.74. The van der Waals surface area contributed by atoms with Crippen LogP contribution in [0.1, 0.15) is 6.92 Å². The van der Waals surface area contributed by atoms with E-state index in [9.17, 15) is 0 Å². The average Bonchev–Trinajstić information content (AvgIpc) is 2.44. The van der Waals surface area contributed by atoms with Crippen molar-refractivity contribution in [2.75, 3.05) is 7.05 Å². The SMILES string of the molecule is C=c1cc(SC(N=CC)=NC)c(=C)c2ccccc12. The molecule has 3 heteroatoms. The van der Waals surface area contributed by atoms with Crippen LogP contribution < -0.4 is 10.4 Å². The Hall–Kier alpha value is -1.87. The van der Waals surface area contributed by atoms with Gasteiger partial charge in [-0.2, -0.15) is 0 Å². The Morgan fingerprint density at radius 3 is 2.53 bits per heavy atom. The molecule has 0 spiro atoms. The summed E-state index contributed by atoms with van der Waals surface area (Å²) in [5, 5.41) is 5.00. The molecule has 0 bridgehead atoms. The third kappa shape index (κ3) is 2.76. The summed E-state index contributed by atoms with van der Waals surface area (Å²) in [4.78, 5) is 9.44. The molecule has 0 fully saturated rings. The molecule has 0 aliphatic carbocycles. The molecule has 0 radical (unpaired) electrons. The standard InChI is InChI=1S/C16H16N2S/c1-5-18-16(17-4)19-15-10-11(2)13-8-6-7-9-14(13)12(15)3/h5-10H,2-3H2,1,4H3. The number of thioether (sulfide) groups is 1. The van der Waals surface area contributed by atoms with Gasteiger partial charge in [0.25, 0.3) is 0 Å². The first-order valence-corrected chi connectivity index (χ1v) is 6.82. The molecule has 96 valence electrons. The molecule has 0 aliphatic rings. The van der Waals surface area contributed by atoms with E-state index in [0.717, 1.165) is 31.3 Å². The molecule has 0 aromatic heterocycles. The van der Waals surface area contributed by atoms with E-state index in [-0.39, 0.29) is 0 Å². The lowest BCUT2D eigenvalue weighted by molar-refractivity contribution is 1.40. The lowest BCUT2D eigenvalue weighted by Crippen LogP contribution is -2.13. The fourth-order valence-electron chi connectivity index (χ4n) is 1.91. The lowest BCUT2D eigenvalue weighted by Gasteiger charge is -2.06. The summed E-state index contributed by atoms with van der Waals surface area (Å²) in [6, 6.07) is 10.2. The van der Waals surface area contributed by atoms with Gasteiger partial charge in [-0.25, -0.2) is 4.99 Å². The van der Waals surface area contributed by atoms with E-state index in [0.29, 0.717) is 0 Å². The molecule has 19 heavy (non-hydrogen) atoms. The van der Waals surface area contributed by atoms with Gasteiger partial charge in [-0.1, -0.05) is 37.4 Å². The molecule has 0 atom stereocenters. The fourth-order valence-corrected chi connectivity index (χ4v) is 2.79. The van der Waals surface area contributed by atoms with Crippen LogP contribution in [0.25, 0.3) is 23.9 Å². The van der Waals surface area contributed by atoms with Crippen molar-refractivity contribution in [3.05, 3.63) is 40.8 Å². The highest BCUT2D eigenvalue weighted by Gasteiger charge is 2.05. The van der Waals surface area contributed by atoms with E-state index >= 15 is 0 Å². The largest absolute Gasteiger partial charge is 0.264 e. The second-order valence-corrected chi connectivity index (χ2v) is 5.06. The Morgan fingerprint density at radius 1 is 1.21 bits per heavy atom. The Balaban J connectivity index is 2.60. The molecule has 2 nitrogen and oxygen atoms in total. The summed E-state index contributed by atoms with van der Waals surface area (Å²) in [6.07, 6.45) is 1.74. The minimum Gasteiger partial charge on any atom is -0.264 e. The topological polar surface area (TPSA) is 24.7 Å². The molecule has 0 heterocycles. The first-order valence-electron chi connectivity index (χ1n) is 6.00. The van der Waals surface area contributed by atoms with E-state index in [1.165, 1.54) is 11.8 Å². The number of benzene rings is 2. The van der Waals surface area contributed by atoms with E-state index in [1.54, 1.807) is 13.3 Å². The molecule has 0 amide bonds. The average molecular weight is 268 g/mol. The van der Waals surface area contributed by atoms with Crippen molar-refractivity contribution < 1.29 is 0 Å². The van der Waals surface area contributed by atoms with Crippen LogP contribution in [0, 0.1) is 0 Å². The normalized spacial score (nSPS) is 12.4. The predicted octanol–water partition coefficient (Wildman–Crippen LogP) is 2.83. The predicted molar refractivity (Wildman–Crippen MR) is 87.6 cm³/mol. The number of amidine groups is 1. The van der Waals surface area contributed by atoms with Crippen molar-refractivity contribution in [3.63, 3.8) is 0 Å². The van der Waals surface area contributed by atoms with Crippen LogP contribution in [0.2, 0.25) is 0 Å². The van der Waals surface area contributed by atoms with E-state index in [4.69, 9.17) is 0 Å². The van der Waals surface area contributed by atoms with Crippen molar-refractivity contribution in [1.82, 2.24) is 0 Å². The van der Waals surface area contributed by atoms with Crippen LogP contribution in [-0.4, -0.2) is 18.4 Å². The minimum absolute atomic E-state index is 0.724. The van der Waals surface area contributed by atoms with Gasteiger partial charge < -0.3 is 0 Å². The number of hydrogen-bond donors (Lipinski definition) is 0. The molecule has 0 N–H and O–H groups in total. The van der Waals surface area contributed by atoms with E-state index < -0.39 is 0 Å². The Labute approximate surface area is 117 Å². The van der Waals surface area contributed by atoms with E-state index in [2.05, 4.69) is 35.3 Å². The van der Waals surface area contributed by atoms with Gasteiger partial charge >= 0.3 is 0 Å². The molecule has 0 aliphatic heterocycles. The molecule has 2 rings (SSSR count). The summed E-state index contributed by atoms with van der Waals surface area (Å²) >= 11 is 1.52. The zero-order valence-corrected chi connectivity index (χ0v) is 12.0. The van der Waals surface area contributed by atoms with Gasteiger partial charge in [-0.15, -0.1) is 0 Å². The lowest BCUT2D eigenvalue weighted by atomic mass is 10.1. The second kappa shape index (κ2) is 5.85. The van der Waals surface area contributed by atoms with Crippen LogP contribution >= 0.6 is 11.8 Å². The van der Waals surface area contributed by atoms with Crippen molar-refractivity contribution in [1.29, 1.82) is 0 Å². The van der Waals surface area contributed by atoms with Crippen LogP contribution in [0.15, 0.2) is 45.2 Å². The van der Waals surface area contributed by atoms with Gasteiger partial charge in [-0.05, 0) is 46.0 Å². The Kier molecular flexibility index (Phi) is 4.17. The third-order valence-electron chi connectivity index (χ3n) is 2.83. The summed E-state index contributed by atoms with van der Waals surface area (Å²) in [6.45, 7) is 10.2. The van der Waals surface area contributed by atoms with Gasteiger partial charge in [0.1, 0.15) is 0 Å². The molecule has 2 aromatic carbocycles. The maximum Gasteiger partial charge on any atom is 0.187 e. The van der Waals surface area contributed by atoms with Crippen molar-refractivity contribution in [2.24, 2.45) is 9.98 Å². The summed E-state index contributed by atoms with van der Waals surface area (Å²) < 4.78 is 0. The molecule has 0 unspecified atom stereocenters. The van der Waals surface area contributed by atoms with Gasteiger partial charge in [0.05, 0.1) is 0 Å². The van der Waals surface area contributed by atoms with Gasteiger partial charge in [0.2, 0.25) is 0 Å². The Bertz CT molecular complexity index is 760.